The van der Waals surface area contributed by atoms with Gasteiger partial charge in [-0.25, -0.2) is 0 Å². The van der Waals surface area contributed by atoms with Crippen molar-refractivity contribution in [3.63, 3.8) is 0 Å². The third kappa shape index (κ3) is 14.8. The molecule has 2 fully saturated rings. The van der Waals surface area contributed by atoms with Gasteiger partial charge in [0.2, 0.25) is 0 Å². The molecule has 0 bridgehead atoms. The molecule has 45 heavy (non-hydrogen) atoms. The average molecular weight is 743 g/mol. The number of hydrogen-bond acceptors (Lipinski definition) is 9. The lowest BCUT2D eigenvalue weighted by Gasteiger charge is -2.53. The largest absolute Gasteiger partial charge is 0.409 e. The van der Waals surface area contributed by atoms with Gasteiger partial charge in [-0.2, -0.15) is 0 Å². The molecule has 268 valence electrons. The highest BCUT2D eigenvalue weighted by Gasteiger charge is 2.55. The maximum Gasteiger partial charge on any atom is 0.188 e. The Hall–Kier alpha value is 0.941. The summed E-state index contributed by atoms with van der Waals surface area (Å²) in [5.74, 6) is 0. The van der Waals surface area contributed by atoms with Gasteiger partial charge in [0, 0.05) is 0 Å². The lowest BCUT2D eigenvalue weighted by atomic mass is 9.98. The lowest BCUT2D eigenvalue weighted by Crippen LogP contribution is -2.68. The van der Waals surface area contributed by atoms with Crippen LogP contribution in [0.25, 0.3) is 0 Å². The first-order chi connectivity index (χ1) is 19.8. The molecule has 0 spiro atoms. The Morgan fingerprint density at radius 3 is 0.733 bits per heavy atom. The Bertz CT molecular complexity index is 859. The van der Waals surface area contributed by atoms with Crippen molar-refractivity contribution in [2.24, 2.45) is 0 Å². The van der Waals surface area contributed by atoms with Crippen molar-refractivity contribution in [3.8, 4) is 0 Å². The zero-order valence-corrected chi connectivity index (χ0v) is 38.4. The summed E-state index contributed by atoms with van der Waals surface area (Å²) in [4.78, 5) is 0. The predicted molar refractivity (Wildman–Crippen MR) is 199 cm³/mol. The Morgan fingerprint density at radius 2 is 0.511 bits per heavy atom. The molecule has 2 aliphatic rings. The quantitative estimate of drug-likeness (QED) is 0.166. The second-order valence-corrected chi connectivity index (χ2v) is 45.5. The first-order valence-corrected chi connectivity index (χ1v) is 37.3. The van der Waals surface area contributed by atoms with Gasteiger partial charge in [-0.05, 0) is 132 Å². The zero-order valence-electron chi connectivity index (χ0n) is 32.4. The van der Waals surface area contributed by atoms with Crippen LogP contribution in [-0.2, 0) is 40.8 Å². The van der Waals surface area contributed by atoms with Gasteiger partial charge in [-0.1, -0.05) is 0 Å². The number of hydrogen-bond donors (Lipinski definition) is 0. The van der Waals surface area contributed by atoms with Gasteiger partial charge >= 0.3 is 0 Å². The van der Waals surface area contributed by atoms with Gasteiger partial charge in [0.05, 0.1) is 24.4 Å². The van der Waals surface area contributed by atoms with E-state index in [0.29, 0.717) is 0 Å². The SMILES string of the molecule is CC1OC(OC2OC(C)C(O[Si](C)(C)C)C(O[Si](C)(C)C)C2O[Si](C)(C)C)C(O[Si](C)(C)C)C(O[Si](C)(C)C)C1O[Si](C)(C)C. The van der Waals surface area contributed by atoms with Crippen molar-refractivity contribution >= 4 is 49.9 Å². The average Bonchev–Trinajstić information content (AvgIpc) is 2.74. The highest BCUT2D eigenvalue weighted by Crippen LogP contribution is 2.38. The summed E-state index contributed by atoms with van der Waals surface area (Å²) in [6.07, 6.45) is -4.30. The van der Waals surface area contributed by atoms with E-state index in [0.717, 1.165) is 0 Å². The summed E-state index contributed by atoms with van der Waals surface area (Å²) in [5, 5.41) is 0. The standard InChI is InChI=1S/C30H70O9Si6/c1-21-23(34-40(3,4)5)25(36-42(9,10)11)27(38-44(15,16)17)29(31-21)33-30-28(39-45(18,19)20)26(37-43(12,13)14)24(22(2)32-30)35-41(6,7)8/h21-30H,1-20H3. The normalized spacial score (nSPS) is 34.7. The van der Waals surface area contributed by atoms with Crippen LogP contribution >= 0.6 is 0 Å². The van der Waals surface area contributed by atoms with E-state index in [1.165, 1.54) is 0 Å². The maximum absolute atomic E-state index is 6.97. The molecule has 10 unspecified atom stereocenters. The highest BCUT2D eigenvalue weighted by molar-refractivity contribution is 6.71. The molecule has 0 aliphatic carbocycles. The molecule has 0 N–H and O–H groups in total. The van der Waals surface area contributed by atoms with Crippen LogP contribution in [0.3, 0.4) is 0 Å². The third-order valence-electron chi connectivity index (χ3n) is 6.66. The fourth-order valence-electron chi connectivity index (χ4n) is 5.59. The van der Waals surface area contributed by atoms with E-state index < -0.39 is 74.7 Å². The van der Waals surface area contributed by atoms with Gasteiger partial charge in [0.1, 0.15) is 24.4 Å². The molecule has 0 radical (unpaired) electrons. The van der Waals surface area contributed by atoms with Gasteiger partial charge in [-0.15, -0.1) is 0 Å². The fraction of sp³-hybridized carbons (Fsp3) is 1.00. The smallest absolute Gasteiger partial charge is 0.188 e. The monoisotopic (exact) mass is 742 g/mol. The molecule has 9 nitrogen and oxygen atoms in total. The van der Waals surface area contributed by atoms with E-state index >= 15 is 0 Å². The minimum atomic E-state index is -2.10. The molecule has 0 aromatic heterocycles. The first-order valence-electron chi connectivity index (χ1n) is 16.9. The molecule has 10 atom stereocenters. The van der Waals surface area contributed by atoms with Crippen LogP contribution in [0.4, 0.5) is 0 Å². The van der Waals surface area contributed by atoms with E-state index in [1.807, 2.05) is 0 Å². The van der Waals surface area contributed by atoms with Crippen LogP contribution < -0.4 is 0 Å². The van der Waals surface area contributed by atoms with Crippen molar-refractivity contribution in [2.75, 3.05) is 0 Å². The van der Waals surface area contributed by atoms with Crippen molar-refractivity contribution < 1.29 is 40.8 Å². The lowest BCUT2D eigenvalue weighted by molar-refractivity contribution is -0.362. The van der Waals surface area contributed by atoms with Crippen molar-refractivity contribution in [1.29, 1.82) is 0 Å². The van der Waals surface area contributed by atoms with E-state index in [1.54, 1.807) is 0 Å². The zero-order chi connectivity index (χ0) is 35.1. The first kappa shape index (κ1) is 42.1. The third-order valence-corrected chi connectivity index (χ3v) is 12.5. The summed E-state index contributed by atoms with van der Waals surface area (Å²) in [6.45, 7) is 43.7. The molecule has 2 rings (SSSR count). The molecule has 2 saturated heterocycles. The molecule has 0 aromatic carbocycles. The van der Waals surface area contributed by atoms with Gasteiger partial charge < -0.3 is 40.8 Å². The Labute approximate surface area is 282 Å². The van der Waals surface area contributed by atoms with E-state index in [9.17, 15) is 0 Å². The van der Waals surface area contributed by atoms with Crippen molar-refractivity contribution in [2.45, 2.75) is 193 Å². The summed E-state index contributed by atoms with van der Waals surface area (Å²) in [6, 6.07) is 0. The summed E-state index contributed by atoms with van der Waals surface area (Å²) in [7, 11) is -12.2. The molecule has 0 amide bonds. The molecular formula is C30H70O9Si6. The second kappa shape index (κ2) is 15.0. The highest BCUT2D eigenvalue weighted by atomic mass is 28.4. The summed E-state index contributed by atoms with van der Waals surface area (Å²) < 4.78 is 61.8. The predicted octanol–water partition coefficient (Wildman–Crippen LogP) is 7.81. The van der Waals surface area contributed by atoms with Gasteiger partial charge in [0.25, 0.3) is 0 Å². The van der Waals surface area contributed by atoms with Crippen molar-refractivity contribution in [1.82, 2.24) is 0 Å². The molecule has 0 saturated carbocycles. The molecule has 15 heteroatoms. The molecular weight excluding hydrogens is 673 g/mol. The van der Waals surface area contributed by atoms with Crippen LogP contribution in [0.2, 0.25) is 118 Å². The van der Waals surface area contributed by atoms with Gasteiger partial charge in [-0.3, -0.25) is 0 Å². The van der Waals surface area contributed by atoms with Crippen LogP contribution in [0.15, 0.2) is 0 Å². The van der Waals surface area contributed by atoms with E-state index in [-0.39, 0.29) is 36.6 Å². The summed E-state index contributed by atoms with van der Waals surface area (Å²) in [5.41, 5.74) is 0. The Kier molecular flexibility index (Phi) is 14.1. The second-order valence-electron chi connectivity index (χ2n) is 18.7. The van der Waals surface area contributed by atoms with Gasteiger partial charge in [0.15, 0.2) is 62.5 Å². The summed E-state index contributed by atoms with van der Waals surface area (Å²) >= 11 is 0. The van der Waals surface area contributed by atoms with Crippen LogP contribution in [0.1, 0.15) is 13.8 Å². The molecule has 2 heterocycles. The van der Waals surface area contributed by atoms with E-state index in [4.69, 9.17) is 40.8 Å². The topological polar surface area (TPSA) is 83.1 Å². The van der Waals surface area contributed by atoms with Crippen LogP contribution in [0.5, 0.6) is 0 Å². The fourth-order valence-corrected chi connectivity index (χ4v) is 12.2. The van der Waals surface area contributed by atoms with Crippen LogP contribution in [0, 0.1) is 0 Å². The van der Waals surface area contributed by atoms with Crippen LogP contribution in [-0.4, -0.2) is 111 Å². The minimum Gasteiger partial charge on any atom is -0.409 e. The Morgan fingerprint density at radius 1 is 0.311 bits per heavy atom. The van der Waals surface area contributed by atoms with Crippen molar-refractivity contribution in [3.05, 3.63) is 0 Å². The molecule has 2 aliphatic heterocycles. The minimum absolute atomic E-state index is 0.276. The number of ether oxygens (including phenoxy) is 3. The Balaban J connectivity index is 2.64. The number of rotatable bonds is 14. The van der Waals surface area contributed by atoms with E-state index in [2.05, 4.69) is 132 Å². The maximum atomic E-state index is 6.97. The molecule has 0 aromatic rings.